The molecule has 0 saturated carbocycles. The maximum absolute atomic E-state index is 11.7. The van der Waals surface area contributed by atoms with E-state index in [9.17, 15) is 16.8 Å². The number of hydrogen-bond acceptors (Lipinski definition) is 5. The monoisotopic (exact) mass is 294 g/mol. The first kappa shape index (κ1) is 15.1. The number of ether oxygens (including phenoxy) is 1. The van der Waals surface area contributed by atoms with Crippen molar-refractivity contribution in [2.24, 2.45) is 5.14 Å². The van der Waals surface area contributed by atoms with E-state index in [1.54, 1.807) is 0 Å². The maximum atomic E-state index is 11.7. The molecule has 9 heteroatoms. The quantitative estimate of drug-likeness (QED) is 0.670. The fraction of sp³-hybridized carbons (Fsp3) is 0.333. The van der Waals surface area contributed by atoms with Crippen LogP contribution in [0.2, 0.25) is 0 Å². The van der Waals surface area contributed by atoms with Crippen molar-refractivity contribution in [1.82, 2.24) is 4.72 Å². The van der Waals surface area contributed by atoms with Crippen molar-refractivity contribution in [3.63, 3.8) is 0 Å². The molecule has 0 amide bonds. The van der Waals surface area contributed by atoms with Crippen LogP contribution in [0.4, 0.5) is 0 Å². The van der Waals surface area contributed by atoms with E-state index in [-0.39, 0.29) is 22.9 Å². The molecule has 0 saturated heterocycles. The van der Waals surface area contributed by atoms with Crippen molar-refractivity contribution in [2.45, 2.75) is 9.79 Å². The molecule has 0 spiro atoms. The van der Waals surface area contributed by atoms with Crippen LogP contribution in [0, 0.1) is 0 Å². The molecule has 1 aromatic carbocycles. The van der Waals surface area contributed by atoms with E-state index in [4.69, 9.17) is 9.88 Å². The minimum absolute atomic E-state index is 0.0361. The van der Waals surface area contributed by atoms with Gasteiger partial charge in [-0.25, -0.2) is 26.7 Å². The van der Waals surface area contributed by atoms with Crippen LogP contribution >= 0.6 is 0 Å². The van der Waals surface area contributed by atoms with Gasteiger partial charge in [-0.2, -0.15) is 0 Å². The molecule has 102 valence electrons. The fourth-order valence-corrected chi connectivity index (χ4v) is 2.70. The number of hydrogen-bond donors (Lipinski definition) is 2. The lowest BCUT2D eigenvalue weighted by molar-refractivity contribution is 0.204. The first-order valence-electron chi connectivity index (χ1n) is 4.89. The molecule has 3 N–H and O–H groups in total. The molecule has 0 heterocycles. The summed E-state index contributed by atoms with van der Waals surface area (Å²) in [5, 5.41) is 4.90. The summed E-state index contributed by atoms with van der Waals surface area (Å²) in [4.78, 5) is -0.177. The second-order valence-electron chi connectivity index (χ2n) is 3.41. The Morgan fingerprint density at radius 3 is 2.06 bits per heavy atom. The van der Waals surface area contributed by atoms with Gasteiger partial charge in [0, 0.05) is 13.7 Å². The van der Waals surface area contributed by atoms with Gasteiger partial charge >= 0.3 is 0 Å². The lowest BCUT2D eigenvalue weighted by atomic mass is 10.4. The average Bonchev–Trinajstić information content (AvgIpc) is 2.28. The normalized spacial score (nSPS) is 12.6. The zero-order valence-electron chi connectivity index (χ0n) is 9.66. The second-order valence-corrected chi connectivity index (χ2v) is 6.74. The third kappa shape index (κ3) is 4.03. The van der Waals surface area contributed by atoms with Crippen molar-refractivity contribution in [3.8, 4) is 0 Å². The molecule has 18 heavy (non-hydrogen) atoms. The van der Waals surface area contributed by atoms with Gasteiger partial charge in [0.15, 0.2) is 0 Å². The molecule has 1 aromatic rings. The van der Waals surface area contributed by atoms with Crippen LogP contribution in [0.15, 0.2) is 34.1 Å². The van der Waals surface area contributed by atoms with Gasteiger partial charge in [-0.15, -0.1) is 0 Å². The van der Waals surface area contributed by atoms with Gasteiger partial charge in [0.1, 0.15) is 0 Å². The standard InChI is InChI=1S/C9H14N2O5S2/c1-16-7-6-11-18(14,15)9-4-2-8(3-5-9)17(10,12)13/h2-5,11H,6-7H2,1H3,(H2,10,12,13). The van der Waals surface area contributed by atoms with Gasteiger partial charge in [-0.05, 0) is 24.3 Å². The van der Waals surface area contributed by atoms with Gasteiger partial charge in [0.05, 0.1) is 16.4 Å². The third-order valence-electron chi connectivity index (χ3n) is 2.06. The number of rotatable bonds is 6. The summed E-state index contributed by atoms with van der Waals surface area (Å²) in [5.41, 5.74) is 0. The number of sulfonamides is 2. The number of benzene rings is 1. The number of methoxy groups -OCH3 is 1. The molecule has 0 unspecified atom stereocenters. The van der Waals surface area contributed by atoms with Crippen molar-refractivity contribution < 1.29 is 21.6 Å². The van der Waals surface area contributed by atoms with Crippen molar-refractivity contribution in [1.29, 1.82) is 0 Å². The van der Waals surface area contributed by atoms with Gasteiger partial charge in [0.2, 0.25) is 20.0 Å². The first-order valence-corrected chi connectivity index (χ1v) is 7.92. The smallest absolute Gasteiger partial charge is 0.240 e. The topological polar surface area (TPSA) is 116 Å². The van der Waals surface area contributed by atoms with E-state index in [0.29, 0.717) is 0 Å². The molecule has 0 atom stereocenters. The van der Waals surface area contributed by atoms with Gasteiger partial charge in [-0.3, -0.25) is 0 Å². The van der Waals surface area contributed by atoms with Crippen LogP contribution < -0.4 is 9.86 Å². The van der Waals surface area contributed by atoms with E-state index < -0.39 is 20.0 Å². The zero-order valence-corrected chi connectivity index (χ0v) is 11.3. The summed E-state index contributed by atoms with van der Waals surface area (Å²) in [6.07, 6.45) is 0. The molecule has 0 radical (unpaired) electrons. The molecule has 0 fully saturated rings. The highest BCUT2D eigenvalue weighted by Crippen LogP contribution is 2.12. The Morgan fingerprint density at radius 1 is 1.11 bits per heavy atom. The molecule has 0 aliphatic carbocycles. The van der Waals surface area contributed by atoms with Crippen LogP contribution in [0.25, 0.3) is 0 Å². The zero-order chi connectivity index (χ0) is 13.8. The van der Waals surface area contributed by atoms with Crippen LogP contribution in [-0.2, 0) is 24.8 Å². The van der Waals surface area contributed by atoms with E-state index >= 15 is 0 Å². The highest BCUT2D eigenvalue weighted by molar-refractivity contribution is 7.89. The molecular weight excluding hydrogens is 280 g/mol. The van der Waals surface area contributed by atoms with Gasteiger partial charge in [-0.1, -0.05) is 0 Å². The predicted octanol–water partition coefficient (Wildman–Crippen LogP) is -0.741. The average molecular weight is 294 g/mol. The maximum Gasteiger partial charge on any atom is 0.240 e. The number of nitrogens with two attached hydrogens (primary N) is 1. The van der Waals surface area contributed by atoms with E-state index in [0.717, 1.165) is 12.1 Å². The van der Waals surface area contributed by atoms with Crippen LogP contribution in [0.5, 0.6) is 0 Å². The summed E-state index contributed by atoms with van der Waals surface area (Å²) in [5.74, 6) is 0. The first-order chi connectivity index (χ1) is 8.27. The third-order valence-corrected chi connectivity index (χ3v) is 4.47. The lowest BCUT2D eigenvalue weighted by Crippen LogP contribution is -2.27. The molecular formula is C9H14N2O5S2. The fourth-order valence-electron chi connectivity index (χ4n) is 1.17. The molecule has 0 aromatic heterocycles. The minimum Gasteiger partial charge on any atom is -0.383 e. The molecule has 0 aliphatic rings. The van der Waals surface area contributed by atoms with E-state index in [1.165, 1.54) is 19.2 Å². The summed E-state index contributed by atoms with van der Waals surface area (Å²) in [7, 11) is -6.03. The van der Waals surface area contributed by atoms with E-state index in [1.807, 2.05) is 0 Å². The van der Waals surface area contributed by atoms with Crippen LogP contribution in [0.1, 0.15) is 0 Å². The molecule has 7 nitrogen and oxygen atoms in total. The van der Waals surface area contributed by atoms with Crippen molar-refractivity contribution in [3.05, 3.63) is 24.3 Å². The molecule has 1 rings (SSSR count). The van der Waals surface area contributed by atoms with Crippen molar-refractivity contribution in [2.75, 3.05) is 20.3 Å². The Hall–Kier alpha value is -1.00. The van der Waals surface area contributed by atoms with E-state index in [2.05, 4.69) is 4.72 Å². The second kappa shape index (κ2) is 5.76. The highest BCUT2D eigenvalue weighted by atomic mass is 32.2. The number of nitrogens with one attached hydrogen (secondary N) is 1. The van der Waals surface area contributed by atoms with Gasteiger partial charge in [0.25, 0.3) is 0 Å². The predicted molar refractivity (Wildman–Crippen MR) is 64.9 cm³/mol. The Labute approximate surface area is 106 Å². The lowest BCUT2D eigenvalue weighted by Gasteiger charge is -2.06. The minimum atomic E-state index is -3.82. The van der Waals surface area contributed by atoms with Crippen LogP contribution in [-0.4, -0.2) is 37.1 Å². The summed E-state index contributed by atoms with van der Waals surface area (Å²) in [6, 6.07) is 4.63. The molecule has 0 bridgehead atoms. The van der Waals surface area contributed by atoms with Gasteiger partial charge < -0.3 is 4.74 Å². The number of primary sulfonamides is 1. The highest BCUT2D eigenvalue weighted by Gasteiger charge is 2.15. The molecule has 0 aliphatic heterocycles. The SMILES string of the molecule is COCCNS(=O)(=O)c1ccc(S(N)(=O)=O)cc1. The van der Waals surface area contributed by atoms with Crippen LogP contribution in [0.3, 0.4) is 0 Å². The largest absolute Gasteiger partial charge is 0.383 e. The Kier molecular flexibility index (Phi) is 4.82. The Bertz CT molecular complexity index is 592. The summed E-state index contributed by atoms with van der Waals surface area (Å²) in [6.45, 7) is 0.379. The Morgan fingerprint density at radius 2 is 1.61 bits per heavy atom. The summed E-state index contributed by atoms with van der Waals surface area (Å²) >= 11 is 0. The van der Waals surface area contributed by atoms with Crippen molar-refractivity contribution >= 4 is 20.0 Å². The summed E-state index contributed by atoms with van der Waals surface area (Å²) < 4.78 is 52.5. The Balaban J connectivity index is 2.91.